The van der Waals surface area contributed by atoms with Crippen LogP contribution in [-0.4, -0.2) is 89.9 Å². The molecule has 1 aromatic carbocycles. The summed E-state index contributed by atoms with van der Waals surface area (Å²) in [4.78, 5) is 38.7. The summed E-state index contributed by atoms with van der Waals surface area (Å²) in [6, 6.07) is 5.80. The van der Waals surface area contributed by atoms with Crippen LogP contribution in [0.2, 0.25) is 0 Å². The van der Waals surface area contributed by atoms with Crippen molar-refractivity contribution in [1.82, 2.24) is 15.5 Å². The fourth-order valence-electron chi connectivity index (χ4n) is 6.63. The lowest BCUT2D eigenvalue weighted by atomic mass is 9.73. The Balaban J connectivity index is 1.62. The van der Waals surface area contributed by atoms with E-state index in [1.807, 2.05) is 12.1 Å². The Morgan fingerprint density at radius 1 is 1.14 bits per heavy atom. The molecule has 1 aromatic rings. The first-order valence-corrected chi connectivity index (χ1v) is 16.8. The number of carboxylic acid groups (broad SMARTS) is 1. The monoisotopic (exact) mass is 635 g/mol. The molecule has 2 aliphatic carbocycles. The molecule has 0 saturated heterocycles. The normalized spacial score (nSPS) is 21.6. The number of aliphatic hydroxyl groups is 1. The van der Waals surface area contributed by atoms with Gasteiger partial charge in [0.1, 0.15) is 17.4 Å². The Kier molecular flexibility index (Phi) is 14.1. The molecule has 0 aromatic heterocycles. The van der Waals surface area contributed by atoms with E-state index >= 15 is 0 Å². The summed E-state index contributed by atoms with van der Waals surface area (Å²) in [6.07, 6.45) is 6.14. The number of hydrogen-bond donors (Lipinski definition) is 5. The molecule has 1 saturated carbocycles. The number of carbonyl (C=O) groups excluding carboxylic acids is 2. The summed E-state index contributed by atoms with van der Waals surface area (Å²) < 4.78 is 11.6. The number of aliphatic hydroxyl groups excluding tert-OH is 1. The van der Waals surface area contributed by atoms with Crippen LogP contribution in [0.25, 0.3) is 0 Å². The van der Waals surface area contributed by atoms with Gasteiger partial charge in [0, 0.05) is 32.4 Å². The topological polar surface area (TPSA) is 137 Å². The van der Waals surface area contributed by atoms with Crippen LogP contribution in [0.4, 0.5) is 4.79 Å². The summed E-state index contributed by atoms with van der Waals surface area (Å²) in [5.74, 6) is 0.752. The van der Waals surface area contributed by atoms with Crippen LogP contribution in [-0.2, 0) is 27.2 Å². The lowest BCUT2D eigenvalue weighted by Gasteiger charge is -2.35. The van der Waals surface area contributed by atoms with Gasteiger partial charge in [-0.1, -0.05) is 31.9 Å². The van der Waals surface area contributed by atoms with Crippen LogP contribution in [0.5, 0.6) is 5.75 Å². The Labute approximate surface area is 268 Å². The van der Waals surface area contributed by atoms with E-state index in [4.69, 9.17) is 14.6 Å². The molecular formula is C33H53N3O7S. The molecule has 4 N–H and O–H groups in total. The van der Waals surface area contributed by atoms with Gasteiger partial charge in [-0.25, -0.2) is 9.59 Å². The van der Waals surface area contributed by atoms with Crippen molar-refractivity contribution in [2.24, 2.45) is 17.8 Å². The van der Waals surface area contributed by atoms with Gasteiger partial charge in [-0.2, -0.15) is 12.6 Å². The van der Waals surface area contributed by atoms with Gasteiger partial charge in [-0.05, 0) is 93.7 Å². The second-order valence-electron chi connectivity index (χ2n) is 12.8. The van der Waals surface area contributed by atoms with Gasteiger partial charge < -0.3 is 30.3 Å². The lowest BCUT2D eigenvalue weighted by Crippen LogP contribution is -2.56. The van der Waals surface area contributed by atoms with E-state index in [0.29, 0.717) is 37.6 Å². The Morgan fingerprint density at radius 3 is 2.61 bits per heavy atom. The second-order valence-corrected chi connectivity index (χ2v) is 13.2. The predicted octanol–water partition coefficient (Wildman–Crippen LogP) is 4.07. The van der Waals surface area contributed by atoms with Gasteiger partial charge in [-0.15, -0.1) is 0 Å². The first-order valence-electron chi connectivity index (χ1n) is 16.2. The number of nitrogens with zero attached hydrogens (tertiary/aromatic N) is 1. The highest BCUT2D eigenvalue weighted by Gasteiger charge is 2.45. The van der Waals surface area contributed by atoms with Gasteiger partial charge in [0.15, 0.2) is 6.61 Å². The van der Waals surface area contributed by atoms with Gasteiger partial charge in [0.05, 0.1) is 6.10 Å². The molecule has 11 heteroatoms. The standard InChI is InChI=1S/C33H53N3O7S/c1-5-6-7-10-24(43-32(41)36(4)33(2,3)31(40)35-15-14-34-16-17-44)12-13-25-26-18-22-9-8-11-29(42-21-30(38)39)27(22)19-23(26)20-28(25)37/h8-9,11,23-26,28,34,37,44H,5-7,10,12-21H2,1-4H3,(H,35,40)(H,38,39)/t23-,24-,25+,26-,28+/m0/s1. The number of rotatable bonds is 18. The first kappa shape index (κ1) is 36.0. The number of carbonyl (C=O) groups is 3. The van der Waals surface area contributed by atoms with Crippen molar-refractivity contribution in [3.8, 4) is 5.75 Å². The van der Waals surface area contributed by atoms with Gasteiger partial charge in [0.25, 0.3) is 0 Å². The van der Waals surface area contributed by atoms with Crippen molar-refractivity contribution < 1.29 is 34.1 Å². The third kappa shape index (κ3) is 9.75. The number of fused-ring (bicyclic) bond motifs is 2. The minimum absolute atomic E-state index is 0.0835. The highest BCUT2D eigenvalue weighted by atomic mass is 32.1. The molecule has 2 aliphatic rings. The van der Waals surface area contributed by atoms with Crippen LogP contribution >= 0.6 is 12.6 Å². The average molecular weight is 636 g/mol. The molecule has 0 unspecified atom stereocenters. The number of unbranched alkanes of at least 4 members (excludes halogenated alkanes) is 2. The summed E-state index contributed by atoms with van der Waals surface area (Å²) in [5, 5.41) is 26.3. The molecule has 0 radical (unpaired) electrons. The zero-order valence-electron chi connectivity index (χ0n) is 26.8. The van der Waals surface area contributed by atoms with Crippen LogP contribution in [0.15, 0.2) is 18.2 Å². The van der Waals surface area contributed by atoms with Crippen molar-refractivity contribution in [1.29, 1.82) is 0 Å². The first-order chi connectivity index (χ1) is 21.0. The third-order valence-electron chi connectivity index (χ3n) is 9.46. The molecule has 5 atom stereocenters. The minimum atomic E-state index is -1.09. The number of benzene rings is 1. The molecule has 0 spiro atoms. The van der Waals surface area contributed by atoms with Gasteiger partial charge in [0.2, 0.25) is 5.91 Å². The lowest BCUT2D eigenvalue weighted by molar-refractivity contribution is -0.139. The number of ether oxygens (including phenoxy) is 2. The SMILES string of the molecule is CCCCC[C@@H](CC[C@@H]1[C@H]2Cc3cccc(OCC(=O)O)c3C[C@H]2C[C@H]1O)OC(=O)N(C)C(C)(C)C(=O)NCCNCCS. The Bertz CT molecular complexity index is 1100. The van der Waals surface area contributed by atoms with Crippen LogP contribution in [0, 0.1) is 17.8 Å². The highest BCUT2D eigenvalue weighted by molar-refractivity contribution is 7.80. The van der Waals surface area contributed by atoms with Crippen LogP contribution in [0.1, 0.15) is 76.8 Å². The maximum absolute atomic E-state index is 13.3. The molecule has 44 heavy (non-hydrogen) atoms. The summed E-state index contributed by atoms with van der Waals surface area (Å²) in [5.41, 5.74) is 1.11. The number of aliphatic carboxylic acids is 1. The number of nitrogens with one attached hydrogen (secondary N) is 2. The van der Waals surface area contributed by atoms with Gasteiger partial charge >= 0.3 is 12.1 Å². The van der Waals surface area contributed by atoms with Gasteiger partial charge in [-0.3, -0.25) is 9.69 Å². The smallest absolute Gasteiger partial charge is 0.410 e. The number of carboxylic acids is 1. The van der Waals surface area contributed by atoms with E-state index < -0.39 is 23.7 Å². The molecule has 2 amide bonds. The average Bonchev–Trinajstić information content (AvgIpc) is 3.30. The number of amides is 2. The van der Waals surface area contributed by atoms with E-state index in [2.05, 4.69) is 36.3 Å². The number of thiol groups is 1. The van der Waals surface area contributed by atoms with E-state index in [1.165, 1.54) is 4.90 Å². The number of hydrogen-bond acceptors (Lipinski definition) is 8. The molecule has 1 fully saturated rings. The Hall–Kier alpha value is -2.50. The maximum atomic E-state index is 13.3. The largest absolute Gasteiger partial charge is 0.482 e. The van der Waals surface area contributed by atoms with Crippen molar-refractivity contribution in [2.75, 3.05) is 39.0 Å². The van der Waals surface area contributed by atoms with E-state index in [1.54, 1.807) is 20.9 Å². The molecular weight excluding hydrogens is 582 g/mol. The van der Waals surface area contributed by atoms with E-state index in [9.17, 15) is 19.5 Å². The zero-order valence-corrected chi connectivity index (χ0v) is 27.7. The summed E-state index contributed by atoms with van der Waals surface area (Å²) in [6.45, 7) is 7.01. The van der Waals surface area contributed by atoms with Crippen LogP contribution < -0.4 is 15.4 Å². The summed E-state index contributed by atoms with van der Waals surface area (Å²) >= 11 is 4.16. The number of likely N-dealkylation sites (N-methyl/N-ethyl adjacent to an activating group) is 1. The molecule has 248 valence electrons. The van der Waals surface area contributed by atoms with Crippen molar-refractivity contribution in [2.45, 2.75) is 96.3 Å². The maximum Gasteiger partial charge on any atom is 0.410 e. The molecule has 0 heterocycles. The predicted molar refractivity (Wildman–Crippen MR) is 173 cm³/mol. The van der Waals surface area contributed by atoms with Crippen molar-refractivity contribution >= 4 is 30.6 Å². The molecule has 0 bridgehead atoms. The Morgan fingerprint density at radius 2 is 1.91 bits per heavy atom. The van der Waals surface area contributed by atoms with Crippen molar-refractivity contribution in [3.63, 3.8) is 0 Å². The van der Waals surface area contributed by atoms with E-state index in [-0.39, 0.29) is 30.5 Å². The molecule has 10 nitrogen and oxygen atoms in total. The third-order valence-corrected chi connectivity index (χ3v) is 9.68. The fraction of sp³-hybridized carbons (Fsp3) is 0.727. The summed E-state index contributed by atoms with van der Waals surface area (Å²) in [7, 11) is 1.60. The quantitative estimate of drug-likeness (QED) is 0.120. The zero-order chi connectivity index (χ0) is 32.3. The fourth-order valence-corrected chi connectivity index (χ4v) is 6.79. The minimum Gasteiger partial charge on any atom is -0.482 e. The highest BCUT2D eigenvalue weighted by Crippen LogP contribution is 2.48. The van der Waals surface area contributed by atoms with Crippen molar-refractivity contribution in [3.05, 3.63) is 29.3 Å². The molecule has 0 aliphatic heterocycles. The van der Waals surface area contributed by atoms with E-state index in [0.717, 1.165) is 68.4 Å². The molecule has 3 rings (SSSR count). The second kappa shape index (κ2) is 17.3. The van der Waals surface area contributed by atoms with Crippen LogP contribution in [0.3, 0.4) is 0 Å².